The van der Waals surface area contributed by atoms with Gasteiger partial charge in [-0.1, -0.05) is 24.3 Å². The van der Waals surface area contributed by atoms with Crippen LogP contribution in [0.2, 0.25) is 0 Å². The van der Waals surface area contributed by atoms with E-state index in [-0.39, 0.29) is 41.0 Å². The number of aromatic hydroxyl groups is 3. The number of phenolic OH excluding ortho intramolecular Hbond substituents is 3. The summed E-state index contributed by atoms with van der Waals surface area (Å²) in [7, 11) is 0. The highest BCUT2D eigenvalue weighted by atomic mass is 16.6. The first-order chi connectivity index (χ1) is 20.0. The number of ketones is 1. The highest BCUT2D eigenvalue weighted by Crippen LogP contribution is 2.50. The minimum Gasteiger partial charge on any atom is -0.508 e. The van der Waals surface area contributed by atoms with E-state index in [9.17, 15) is 50.4 Å². The van der Waals surface area contributed by atoms with Crippen LogP contribution in [0.4, 0.5) is 0 Å². The molecule has 1 heterocycles. The Labute approximate surface area is 239 Å². The van der Waals surface area contributed by atoms with E-state index >= 15 is 0 Å². The fourth-order valence-corrected chi connectivity index (χ4v) is 5.57. The van der Waals surface area contributed by atoms with Crippen molar-refractivity contribution in [2.45, 2.75) is 55.6 Å². The molecule has 6 atom stereocenters. The van der Waals surface area contributed by atoms with Crippen LogP contribution in [0.25, 0.3) is 0 Å². The number of hydrogen-bond donors (Lipinski definition) is 8. The minimum absolute atomic E-state index is 0.00163. The normalized spacial score (nSPS) is 26.8. The molecule has 0 spiro atoms. The van der Waals surface area contributed by atoms with Crippen LogP contribution in [0.5, 0.6) is 17.2 Å². The zero-order valence-corrected chi connectivity index (χ0v) is 22.1. The second-order valence-electron chi connectivity index (χ2n) is 10.4. The summed E-state index contributed by atoms with van der Waals surface area (Å²) in [5, 5.41) is 84.7. The van der Waals surface area contributed by atoms with Gasteiger partial charge in [-0.25, -0.2) is 0 Å². The number of hydrogen-bond acceptors (Lipinski definition) is 12. The van der Waals surface area contributed by atoms with Gasteiger partial charge in [0.2, 0.25) is 5.78 Å². The van der Waals surface area contributed by atoms with Crippen LogP contribution in [0.1, 0.15) is 44.6 Å². The zero-order valence-electron chi connectivity index (χ0n) is 22.1. The molecule has 3 aromatic rings. The predicted octanol–water partition coefficient (Wildman–Crippen LogP) is 0.102. The Hall–Kier alpha value is -4.04. The molecular weight excluding hydrogens is 552 g/mol. The van der Waals surface area contributed by atoms with Crippen molar-refractivity contribution in [3.63, 3.8) is 0 Å². The summed E-state index contributed by atoms with van der Waals surface area (Å²) in [5.41, 5.74) is -2.86. The molecular formula is C30H30O12. The highest BCUT2D eigenvalue weighted by Gasteiger charge is 2.58. The maximum Gasteiger partial charge on any atom is 0.306 e. The molecule has 0 saturated carbocycles. The molecule has 8 N–H and O–H groups in total. The van der Waals surface area contributed by atoms with Crippen molar-refractivity contribution in [2.75, 3.05) is 6.61 Å². The lowest BCUT2D eigenvalue weighted by Crippen LogP contribution is -2.65. The fourth-order valence-electron chi connectivity index (χ4n) is 5.57. The van der Waals surface area contributed by atoms with Crippen molar-refractivity contribution in [3.05, 3.63) is 88.0 Å². The molecule has 12 heteroatoms. The van der Waals surface area contributed by atoms with Crippen molar-refractivity contribution in [2.24, 2.45) is 0 Å². The lowest BCUT2D eigenvalue weighted by atomic mass is 9.68. The van der Waals surface area contributed by atoms with Crippen molar-refractivity contribution >= 4 is 11.8 Å². The standard InChI is InChI=1S/C30H30O12/c31-12-21-25(36)27(38)28(39)29(42-21)30(40)17-2-1-3-19(33)23(17)26(37)24-18(30)10-15(11-20(24)34)13-41-22(35)9-6-14-4-7-16(32)8-5-14/h1-5,7-8,10-11,21,25,27-29,31-34,36,38-40H,6,9,12-13H2. The van der Waals surface area contributed by atoms with Gasteiger partial charge in [0, 0.05) is 17.5 Å². The lowest BCUT2D eigenvalue weighted by Gasteiger charge is -2.49. The summed E-state index contributed by atoms with van der Waals surface area (Å²) in [4.78, 5) is 25.9. The Morgan fingerprint density at radius 2 is 1.55 bits per heavy atom. The van der Waals surface area contributed by atoms with Crippen molar-refractivity contribution in [3.8, 4) is 17.2 Å². The number of aliphatic hydroxyl groups is 5. The minimum atomic E-state index is -2.51. The molecule has 0 aromatic heterocycles. The second kappa shape index (κ2) is 11.3. The fraction of sp³-hybridized carbons (Fsp3) is 0.333. The van der Waals surface area contributed by atoms with Crippen LogP contribution in [0, 0.1) is 0 Å². The smallest absolute Gasteiger partial charge is 0.306 e. The van der Waals surface area contributed by atoms with E-state index in [1.54, 1.807) is 12.1 Å². The van der Waals surface area contributed by atoms with Gasteiger partial charge < -0.3 is 50.3 Å². The maximum atomic E-state index is 13.5. The third kappa shape index (κ3) is 4.98. The summed E-state index contributed by atoms with van der Waals surface area (Å²) >= 11 is 0. The van der Waals surface area contributed by atoms with E-state index in [0.717, 1.165) is 11.6 Å². The number of phenols is 3. The number of benzene rings is 3. The Bertz CT molecular complexity index is 1500. The number of rotatable bonds is 7. The topological polar surface area (TPSA) is 214 Å². The Balaban J connectivity index is 1.51. The van der Waals surface area contributed by atoms with E-state index in [0.29, 0.717) is 6.42 Å². The van der Waals surface area contributed by atoms with E-state index < -0.39 is 71.5 Å². The molecule has 3 aromatic carbocycles. The summed E-state index contributed by atoms with van der Waals surface area (Å²) in [5.74, 6) is -2.49. The number of fused-ring (bicyclic) bond motifs is 2. The summed E-state index contributed by atoms with van der Waals surface area (Å²) < 4.78 is 11.0. The largest absolute Gasteiger partial charge is 0.508 e. The Kier molecular flexibility index (Phi) is 7.94. The molecule has 42 heavy (non-hydrogen) atoms. The molecule has 1 fully saturated rings. The van der Waals surface area contributed by atoms with Crippen LogP contribution in [0.3, 0.4) is 0 Å². The summed E-state index contributed by atoms with van der Waals surface area (Å²) in [6.45, 7) is -1.16. The predicted molar refractivity (Wildman–Crippen MR) is 143 cm³/mol. The van der Waals surface area contributed by atoms with Gasteiger partial charge in [0.1, 0.15) is 60.0 Å². The van der Waals surface area contributed by atoms with Gasteiger partial charge in [0.05, 0.1) is 17.7 Å². The summed E-state index contributed by atoms with van der Waals surface area (Å²) in [6.07, 6.45) is -8.44. The molecule has 1 saturated heterocycles. The van der Waals surface area contributed by atoms with Crippen molar-refractivity contribution in [1.29, 1.82) is 0 Å². The molecule has 0 radical (unpaired) electrons. The number of carbonyl (C=O) groups is 2. The SMILES string of the molecule is O=C(CCc1ccc(O)cc1)OCc1cc(O)c2c(c1)C(O)(C1OC(CO)C(O)C(O)C1O)c1cccc(O)c1C2=O. The van der Waals surface area contributed by atoms with Crippen molar-refractivity contribution < 1.29 is 59.9 Å². The first-order valence-electron chi connectivity index (χ1n) is 13.2. The molecule has 1 aliphatic heterocycles. The van der Waals surface area contributed by atoms with Gasteiger partial charge >= 0.3 is 5.97 Å². The van der Waals surface area contributed by atoms with Crippen LogP contribution in [0.15, 0.2) is 54.6 Å². The van der Waals surface area contributed by atoms with E-state index in [4.69, 9.17) is 9.47 Å². The first-order valence-corrected chi connectivity index (χ1v) is 13.2. The quantitative estimate of drug-likeness (QED) is 0.174. The molecule has 2 aliphatic rings. The van der Waals surface area contributed by atoms with E-state index in [1.165, 1.54) is 36.4 Å². The van der Waals surface area contributed by atoms with Gasteiger partial charge in [-0.05, 0) is 47.9 Å². The molecule has 5 rings (SSSR count). The van der Waals surface area contributed by atoms with Gasteiger partial charge in [-0.3, -0.25) is 9.59 Å². The number of carbonyl (C=O) groups excluding carboxylic acids is 2. The van der Waals surface area contributed by atoms with Gasteiger partial charge in [0.15, 0.2) is 0 Å². The monoisotopic (exact) mass is 582 g/mol. The second-order valence-corrected chi connectivity index (χ2v) is 10.4. The van der Waals surface area contributed by atoms with Crippen LogP contribution in [-0.2, 0) is 32.9 Å². The average molecular weight is 583 g/mol. The summed E-state index contributed by atoms with van der Waals surface area (Å²) in [6, 6.07) is 12.6. The van der Waals surface area contributed by atoms with Crippen LogP contribution in [-0.4, -0.2) is 89.7 Å². The number of ether oxygens (including phenoxy) is 2. The van der Waals surface area contributed by atoms with Gasteiger partial charge in [-0.2, -0.15) is 0 Å². The van der Waals surface area contributed by atoms with Crippen molar-refractivity contribution in [1.82, 2.24) is 0 Å². The number of aliphatic hydroxyl groups excluding tert-OH is 4. The first kappa shape index (κ1) is 29.5. The third-order valence-corrected chi connectivity index (χ3v) is 7.75. The molecule has 1 aliphatic carbocycles. The van der Waals surface area contributed by atoms with Gasteiger partial charge in [-0.15, -0.1) is 0 Å². The number of aryl methyl sites for hydroxylation is 1. The molecule has 12 nitrogen and oxygen atoms in total. The van der Waals surface area contributed by atoms with E-state index in [2.05, 4.69) is 0 Å². The van der Waals surface area contributed by atoms with Gasteiger partial charge in [0.25, 0.3) is 0 Å². The molecule has 6 unspecified atom stereocenters. The Morgan fingerprint density at radius 3 is 2.24 bits per heavy atom. The molecule has 0 amide bonds. The van der Waals surface area contributed by atoms with Crippen LogP contribution < -0.4 is 0 Å². The van der Waals surface area contributed by atoms with Crippen LogP contribution >= 0.6 is 0 Å². The van der Waals surface area contributed by atoms with E-state index in [1.807, 2.05) is 0 Å². The lowest BCUT2D eigenvalue weighted by molar-refractivity contribution is -0.265. The zero-order chi connectivity index (χ0) is 30.3. The maximum absolute atomic E-state index is 13.5. The third-order valence-electron chi connectivity index (χ3n) is 7.75. The molecule has 222 valence electrons. The number of esters is 1. The average Bonchev–Trinajstić information content (AvgIpc) is 2.97. The highest BCUT2D eigenvalue weighted by molar-refractivity contribution is 6.16. The molecule has 0 bridgehead atoms. The Morgan fingerprint density at radius 1 is 0.857 bits per heavy atom.